The highest BCUT2D eigenvalue weighted by Crippen LogP contribution is 2.40. The van der Waals surface area contributed by atoms with Crippen molar-refractivity contribution < 1.29 is 14.3 Å². The summed E-state index contributed by atoms with van der Waals surface area (Å²) in [7, 11) is 3.16. The Labute approximate surface area is 156 Å². The van der Waals surface area contributed by atoms with Gasteiger partial charge in [0.15, 0.2) is 5.82 Å². The van der Waals surface area contributed by atoms with Gasteiger partial charge in [0.25, 0.3) is 0 Å². The molecule has 0 saturated heterocycles. The maximum Gasteiger partial charge on any atom is 0.233 e. The third kappa shape index (κ3) is 2.99. The van der Waals surface area contributed by atoms with Crippen molar-refractivity contribution in [2.24, 2.45) is 0 Å². The Bertz CT molecular complexity index is 997. The van der Waals surface area contributed by atoms with E-state index in [9.17, 15) is 4.79 Å². The number of carbonyl (C=O) groups excluding carboxylic acids is 1. The number of hydrogen-bond donors (Lipinski definition) is 1. The Morgan fingerprint density at radius 1 is 1.15 bits per heavy atom. The van der Waals surface area contributed by atoms with Gasteiger partial charge in [-0.25, -0.2) is 0 Å². The lowest BCUT2D eigenvalue weighted by atomic mass is 9.86. The average Bonchev–Trinajstić information content (AvgIpc) is 3.03. The zero-order valence-corrected chi connectivity index (χ0v) is 15.3. The summed E-state index contributed by atoms with van der Waals surface area (Å²) in [5, 5.41) is 15.7. The standard InChI is InChI=1S/C19H19N5O3/c1-11-18-14(12-5-4-6-13(9-12)26-2)10-16(25)20-19(18)24(23-11)15-7-8-17(27-3)22-21-15/h4-9,14H,10H2,1-3H3,(H,20,25). The topological polar surface area (TPSA) is 91.2 Å². The number of nitrogens with one attached hydrogen (secondary N) is 1. The first-order valence-corrected chi connectivity index (χ1v) is 8.52. The van der Waals surface area contributed by atoms with Gasteiger partial charge in [0.2, 0.25) is 11.8 Å². The number of ether oxygens (including phenoxy) is 2. The summed E-state index contributed by atoms with van der Waals surface area (Å²) in [6.45, 7) is 1.93. The number of hydrogen-bond acceptors (Lipinski definition) is 6. The highest BCUT2D eigenvalue weighted by molar-refractivity contribution is 5.95. The Morgan fingerprint density at radius 2 is 2.00 bits per heavy atom. The number of rotatable bonds is 4. The lowest BCUT2D eigenvalue weighted by Crippen LogP contribution is -2.25. The molecule has 8 nitrogen and oxygen atoms in total. The van der Waals surface area contributed by atoms with Gasteiger partial charge >= 0.3 is 0 Å². The molecule has 1 unspecified atom stereocenters. The third-order valence-electron chi connectivity index (χ3n) is 4.65. The molecule has 138 valence electrons. The molecule has 1 aromatic carbocycles. The first-order chi connectivity index (χ1) is 13.1. The molecule has 1 amide bonds. The number of methoxy groups -OCH3 is 2. The van der Waals surface area contributed by atoms with Crippen molar-refractivity contribution in [2.75, 3.05) is 19.5 Å². The van der Waals surface area contributed by atoms with Crippen LogP contribution in [0.4, 0.5) is 5.82 Å². The molecule has 8 heteroatoms. The zero-order valence-electron chi connectivity index (χ0n) is 15.3. The van der Waals surface area contributed by atoms with Gasteiger partial charge in [-0.1, -0.05) is 12.1 Å². The van der Waals surface area contributed by atoms with E-state index in [1.165, 1.54) is 7.11 Å². The van der Waals surface area contributed by atoms with Gasteiger partial charge in [-0.3, -0.25) is 4.79 Å². The maximum atomic E-state index is 12.4. The van der Waals surface area contributed by atoms with Crippen molar-refractivity contribution in [3.63, 3.8) is 0 Å². The molecule has 27 heavy (non-hydrogen) atoms. The summed E-state index contributed by atoms with van der Waals surface area (Å²) in [4.78, 5) is 12.4. The van der Waals surface area contributed by atoms with E-state index in [1.54, 1.807) is 23.9 Å². The number of aromatic nitrogens is 4. The number of aryl methyl sites for hydroxylation is 1. The Kier molecular flexibility index (Phi) is 4.23. The van der Waals surface area contributed by atoms with Crippen LogP contribution >= 0.6 is 0 Å². The van der Waals surface area contributed by atoms with Gasteiger partial charge in [0.05, 0.1) is 19.9 Å². The summed E-state index contributed by atoms with van der Waals surface area (Å²) >= 11 is 0. The van der Waals surface area contributed by atoms with Crippen LogP contribution in [-0.2, 0) is 4.79 Å². The molecule has 0 spiro atoms. The second-order valence-electron chi connectivity index (χ2n) is 6.27. The molecule has 4 rings (SSSR count). The van der Waals surface area contributed by atoms with E-state index in [0.717, 1.165) is 22.6 Å². The number of amides is 1. The minimum atomic E-state index is -0.108. The van der Waals surface area contributed by atoms with E-state index < -0.39 is 0 Å². The first-order valence-electron chi connectivity index (χ1n) is 8.52. The zero-order chi connectivity index (χ0) is 19.0. The number of fused-ring (bicyclic) bond motifs is 1. The number of benzene rings is 1. The molecule has 0 aliphatic carbocycles. The minimum Gasteiger partial charge on any atom is -0.497 e. The smallest absolute Gasteiger partial charge is 0.233 e. The van der Waals surface area contributed by atoms with Gasteiger partial charge in [0.1, 0.15) is 11.6 Å². The summed E-state index contributed by atoms with van der Waals surface area (Å²) in [5.41, 5.74) is 2.81. The van der Waals surface area contributed by atoms with Crippen LogP contribution in [0.1, 0.15) is 29.2 Å². The molecule has 1 N–H and O–H groups in total. The molecule has 2 aromatic heterocycles. The predicted molar refractivity (Wildman–Crippen MR) is 98.5 cm³/mol. The van der Waals surface area contributed by atoms with Crippen molar-refractivity contribution in [1.82, 2.24) is 20.0 Å². The van der Waals surface area contributed by atoms with Gasteiger partial charge in [0, 0.05) is 24.0 Å². The van der Waals surface area contributed by atoms with E-state index in [4.69, 9.17) is 9.47 Å². The van der Waals surface area contributed by atoms with E-state index in [0.29, 0.717) is 23.9 Å². The first kappa shape index (κ1) is 17.0. The van der Waals surface area contributed by atoms with E-state index in [2.05, 4.69) is 20.6 Å². The highest BCUT2D eigenvalue weighted by atomic mass is 16.5. The monoisotopic (exact) mass is 365 g/mol. The highest BCUT2D eigenvalue weighted by Gasteiger charge is 2.33. The van der Waals surface area contributed by atoms with E-state index >= 15 is 0 Å². The van der Waals surface area contributed by atoms with Crippen LogP contribution in [0, 0.1) is 6.92 Å². The summed E-state index contributed by atoms with van der Waals surface area (Å²) < 4.78 is 12.0. The lowest BCUT2D eigenvalue weighted by Gasteiger charge is -2.24. The fourth-order valence-electron chi connectivity index (χ4n) is 3.39. The normalized spacial score (nSPS) is 15.8. The number of nitrogens with zero attached hydrogens (tertiary/aromatic N) is 4. The second-order valence-corrected chi connectivity index (χ2v) is 6.27. The largest absolute Gasteiger partial charge is 0.497 e. The Hall–Kier alpha value is -3.42. The number of carbonyl (C=O) groups is 1. The van der Waals surface area contributed by atoms with Crippen LogP contribution in [0.2, 0.25) is 0 Å². The molecular formula is C19H19N5O3. The molecule has 3 heterocycles. The van der Waals surface area contributed by atoms with E-state index in [-0.39, 0.29) is 11.8 Å². The van der Waals surface area contributed by atoms with Gasteiger partial charge in [-0.05, 0) is 30.7 Å². The van der Waals surface area contributed by atoms with Crippen molar-refractivity contribution in [3.8, 4) is 17.4 Å². The van der Waals surface area contributed by atoms with Crippen LogP contribution < -0.4 is 14.8 Å². The quantitative estimate of drug-likeness (QED) is 0.764. The van der Waals surface area contributed by atoms with Crippen LogP contribution in [0.3, 0.4) is 0 Å². The molecule has 0 bridgehead atoms. The second kappa shape index (κ2) is 6.71. The molecule has 0 radical (unpaired) electrons. The van der Waals surface area contributed by atoms with Crippen molar-refractivity contribution in [3.05, 3.63) is 53.2 Å². The Morgan fingerprint density at radius 3 is 2.70 bits per heavy atom. The molecule has 3 aromatic rings. The van der Waals surface area contributed by atoms with Gasteiger partial charge in [-0.2, -0.15) is 9.78 Å². The molecule has 0 saturated carbocycles. The van der Waals surface area contributed by atoms with Crippen molar-refractivity contribution >= 4 is 11.7 Å². The van der Waals surface area contributed by atoms with Crippen LogP contribution in [0.25, 0.3) is 5.82 Å². The van der Waals surface area contributed by atoms with Crippen LogP contribution in [0.15, 0.2) is 36.4 Å². The fourth-order valence-corrected chi connectivity index (χ4v) is 3.39. The fraction of sp³-hybridized carbons (Fsp3) is 0.263. The third-order valence-corrected chi connectivity index (χ3v) is 4.65. The maximum absolute atomic E-state index is 12.4. The lowest BCUT2D eigenvalue weighted by molar-refractivity contribution is -0.116. The molecule has 0 fully saturated rings. The Balaban J connectivity index is 1.82. The molecule has 1 aliphatic heterocycles. The van der Waals surface area contributed by atoms with Crippen molar-refractivity contribution in [2.45, 2.75) is 19.3 Å². The van der Waals surface area contributed by atoms with Crippen LogP contribution in [-0.4, -0.2) is 40.1 Å². The summed E-state index contributed by atoms with van der Waals surface area (Å²) in [6, 6.07) is 11.2. The van der Waals surface area contributed by atoms with Gasteiger partial charge in [-0.15, -0.1) is 10.2 Å². The van der Waals surface area contributed by atoms with Gasteiger partial charge < -0.3 is 14.8 Å². The average molecular weight is 365 g/mol. The minimum absolute atomic E-state index is 0.0714. The SMILES string of the molecule is COc1cccc(C2CC(=O)Nc3c2c(C)nn3-c2ccc(OC)nn2)c1. The van der Waals surface area contributed by atoms with Crippen molar-refractivity contribution in [1.29, 1.82) is 0 Å². The summed E-state index contributed by atoms with van der Waals surface area (Å²) in [6.07, 6.45) is 0.348. The van der Waals surface area contributed by atoms with E-state index in [1.807, 2.05) is 31.2 Å². The predicted octanol–water partition coefficient (Wildman–Crippen LogP) is 2.46. The molecule has 1 aliphatic rings. The molecule has 1 atom stereocenters. The molecular weight excluding hydrogens is 346 g/mol. The number of anilines is 1. The van der Waals surface area contributed by atoms with Crippen LogP contribution in [0.5, 0.6) is 11.6 Å². The summed E-state index contributed by atoms with van der Waals surface area (Å²) in [5.74, 6) is 2.12.